The van der Waals surface area contributed by atoms with Gasteiger partial charge >= 0.3 is 0 Å². The van der Waals surface area contributed by atoms with Crippen LogP contribution in [0.4, 0.5) is 11.4 Å². The van der Waals surface area contributed by atoms with E-state index in [0.717, 1.165) is 22.1 Å². The Morgan fingerprint density at radius 3 is 2.89 bits per heavy atom. The lowest BCUT2D eigenvalue weighted by atomic mass is 10.1. The molecule has 2 atom stereocenters. The molecule has 96 valence electrons. The number of pyridine rings is 1. The van der Waals surface area contributed by atoms with Crippen LogP contribution in [0, 0.1) is 0 Å². The zero-order chi connectivity index (χ0) is 13.1. The van der Waals surface area contributed by atoms with Crippen LogP contribution in [0.15, 0.2) is 30.6 Å². The Bertz CT molecular complexity index is 585. The van der Waals surface area contributed by atoms with Crippen LogP contribution >= 0.6 is 0 Å². The van der Waals surface area contributed by atoms with Crippen LogP contribution in [0.25, 0.3) is 10.8 Å². The van der Waals surface area contributed by atoms with Gasteiger partial charge in [-0.1, -0.05) is 0 Å². The molecule has 1 aromatic heterocycles. The maximum Gasteiger partial charge on any atom is 0.0439 e. The lowest BCUT2D eigenvalue weighted by Gasteiger charge is -2.16. The highest BCUT2D eigenvalue weighted by molar-refractivity contribution is 7.84. The Hall–Kier alpha value is -1.62. The molecule has 2 rings (SSSR count). The highest BCUT2D eigenvalue weighted by atomic mass is 32.2. The molecule has 2 unspecified atom stereocenters. The molecule has 2 aromatic rings. The van der Waals surface area contributed by atoms with Crippen molar-refractivity contribution in [2.45, 2.75) is 13.0 Å². The van der Waals surface area contributed by atoms with E-state index in [1.165, 1.54) is 0 Å². The number of nitrogen functional groups attached to an aromatic ring is 1. The second-order valence-corrected chi connectivity index (χ2v) is 5.89. The Morgan fingerprint density at radius 2 is 2.17 bits per heavy atom. The predicted molar refractivity (Wildman–Crippen MR) is 78.2 cm³/mol. The molecule has 0 bridgehead atoms. The van der Waals surface area contributed by atoms with Gasteiger partial charge in [0.15, 0.2) is 0 Å². The number of rotatable bonds is 4. The monoisotopic (exact) mass is 263 g/mol. The first-order valence-electron chi connectivity index (χ1n) is 5.76. The van der Waals surface area contributed by atoms with Crippen LogP contribution in [0.1, 0.15) is 6.92 Å². The summed E-state index contributed by atoms with van der Waals surface area (Å²) in [5, 5.41) is 5.33. The van der Waals surface area contributed by atoms with E-state index in [1.807, 2.05) is 25.1 Å². The molecule has 1 heterocycles. The smallest absolute Gasteiger partial charge is 0.0439 e. The Labute approximate surface area is 109 Å². The molecule has 0 saturated carbocycles. The third kappa shape index (κ3) is 2.79. The molecule has 5 heteroatoms. The van der Waals surface area contributed by atoms with Crippen LogP contribution < -0.4 is 11.1 Å². The molecule has 3 N–H and O–H groups in total. The number of hydrogen-bond donors (Lipinski definition) is 2. The zero-order valence-corrected chi connectivity index (χ0v) is 11.3. The van der Waals surface area contributed by atoms with E-state index in [9.17, 15) is 4.21 Å². The third-order valence-corrected chi connectivity index (χ3v) is 3.71. The molecule has 0 aliphatic carbocycles. The van der Waals surface area contributed by atoms with Gasteiger partial charge in [-0.25, -0.2) is 0 Å². The molecular weight excluding hydrogens is 246 g/mol. The minimum absolute atomic E-state index is 0.142. The Morgan fingerprint density at radius 1 is 1.39 bits per heavy atom. The average molecular weight is 263 g/mol. The Balaban J connectivity index is 2.34. The van der Waals surface area contributed by atoms with Crippen molar-refractivity contribution in [1.29, 1.82) is 0 Å². The van der Waals surface area contributed by atoms with Gasteiger partial charge in [0, 0.05) is 63.4 Å². The minimum Gasteiger partial charge on any atom is -0.398 e. The maximum absolute atomic E-state index is 11.2. The van der Waals surface area contributed by atoms with Gasteiger partial charge in [-0.3, -0.25) is 9.19 Å². The summed E-state index contributed by atoms with van der Waals surface area (Å²) >= 11 is 0. The van der Waals surface area contributed by atoms with Gasteiger partial charge in [-0.05, 0) is 25.1 Å². The topological polar surface area (TPSA) is 68.0 Å². The quantitative estimate of drug-likeness (QED) is 0.828. The summed E-state index contributed by atoms with van der Waals surface area (Å²) < 4.78 is 11.2. The number of anilines is 2. The molecule has 0 radical (unpaired) electrons. The fourth-order valence-electron chi connectivity index (χ4n) is 2.00. The molecule has 18 heavy (non-hydrogen) atoms. The highest BCUT2D eigenvalue weighted by Gasteiger charge is 2.08. The number of nitrogens with zero attached hydrogens (tertiary/aromatic N) is 1. The van der Waals surface area contributed by atoms with Gasteiger partial charge in [0.1, 0.15) is 0 Å². The first-order valence-corrected chi connectivity index (χ1v) is 7.49. The summed E-state index contributed by atoms with van der Waals surface area (Å²) in [7, 11) is -0.810. The van der Waals surface area contributed by atoms with Gasteiger partial charge in [0.25, 0.3) is 0 Å². The van der Waals surface area contributed by atoms with Gasteiger partial charge < -0.3 is 11.1 Å². The molecule has 1 aromatic carbocycles. The first kappa shape index (κ1) is 12.8. The van der Waals surface area contributed by atoms with Gasteiger partial charge in [0.05, 0.1) is 0 Å². The SMILES string of the molecule is CC(CS(C)=O)Nc1ccc(N)c2ccncc12. The van der Waals surface area contributed by atoms with Crippen molar-refractivity contribution < 1.29 is 4.21 Å². The summed E-state index contributed by atoms with van der Waals surface area (Å²) in [4.78, 5) is 4.13. The van der Waals surface area contributed by atoms with E-state index in [-0.39, 0.29) is 6.04 Å². The first-order chi connectivity index (χ1) is 8.58. The number of benzene rings is 1. The minimum atomic E-state index is -0.810. The zero-order valence-electron chi connectivity index (χ0n) is 10.5. The molecule has 0 spiro atoms. The van der Waals surface area contributed by atoms with Gasteiger partial charge in [0.2, 0.25) is 0 Å². The summed E-state index contributed by atoms with van der Waals surface area (Å²) in [6, 6.07) is 5.86. The summed E-state index contributed by atoms with van der Waals surface area (Å²) in [6.45, 7) is 2.01. The van der Waals surface area contributed by atoms with Crippen molar-refractivity contribution in [3.8, 4) is 0 Å². The number of hydrogen-bond acceptors (Lipinski definition) is 4. The third-order valence-electron chi connectivity index (χ3n) is 2.74. The predicted octanol–water partition coefficient (Wildman–Crippen LogP) is 2.00. The van der Waals surface area contributed by atoms with Crippen LogP contribution in [-0.2, 0) is 10.8 Å². The number of nitrogens with two attached hydrogens (primary N) is 1. The van der Waals surface area contributed by atoms with Gasteiger partial charge in [-0.2, -0.15) is 0 Å². The number of fused-ring (bicyclic) bond motifs is 1. The fourth-order valence-corrected chi connectivity index (χ4v) is 2.79. The molecule has 0 amide bonds. The number of nitrogens with one attached hydrogen (secondary N) is 1. The van der Waals surface area contributed by atoms with Crippen molar-refractivity contribution in [1.82, 2.24) is 4.98 Å². The highest BCUT2D eigenvalue weighted by Crippen LogP contribution is 2.27. The van der Waals surface area contributed by atoms with Crippen molar-refractivity contribution in [3.63, 3.8) is 0 Å². The van der Waals surface area contributed by atoms with E-state index < -0.39 is 10.8 Å². The van der Waals surface area contributed by atoms with E-state index in [0.29, 0.717) is 5.75 Å². The molecular formula is C13H17N3OS. The molecule has 0 aliphatic rings. The van der Waals surface area contributed by atoms with Crippen molar-refractivity contribution in [2.75, 3.05) is 23.1 Å². The van der Waals surface area contributed by atoms with Crippen molar-refractivity contribution in [2.24, 2.45) is 0 Å². The average Bonchev–Trinajstić information content (AvgIpc) is 2.32. The standard InChI is InChI=1S/C13H17N3OS/c1-9(8-18(2)17)16-13-4-3-12(14)10-5-6-15-7-11(10)13/h3-7,9,16H,8,14H2,1-2H3. The molecule has 4 nitrogen and oxygen atoms in total. The molecule has 0 aliphatic heterocycles. The van der Waals surface area contributed by atoms with Crippen LogP contribution in [-0.4, -0.2) is 27.2 Å². The maximum atomic E-state index is 11.2. The lowest BCUT2D eigenvalue weighted by molar-refractivity contribution is 0.683. The normalized spacial score (nSPS) is 14.3. The van der Waals surface area contributed by atoms with Crippen LogP contribution in [0.2, 0.25) is 0 Å². The molecule has 0 fully saturated rings. The van der Waals surface area contributed by atoms with Crippen LogP contribution in [0.5, 0.6) is 0 Å². The molecule has 0 saturated heterocycles. The lowest BCUT2D eigenvalue weighted by Crippen LogP contribution is -2.22. The van der Waals surface area contributed by atoms with E-state index >= 15 is 0 Å². The van der Waals surface area contributed by atoms with Crippen LogP contribution in [0.3, 0.4) is 0 Å². The van der Waals surface area contributed by atoms with Crippen molar-refractivity contribution in [3.05, 3.63) is 30.6 Å². The van der Waals surface area contributed by atoms with E-state index in [4.69, 9.17) is 5.73 Å². The summed E-state index contributed by atoms with van der Waals surface area (Å²) in [5.74, 6) is 0.617. The largest absolute Gasteiger partial charge is 0.398 e. The van der Waals surface area contributed by atoms with E-state index in [2.05, 4.69) is 10.3 Å². The summed E-state index contributed by atoms with van der Waals surface area (Å²) in [5.41, 5.74) is 7.65. The summed E-state index contributed by atoms with van der Waals surface area (Å²) in [6.07, 6.45) is 5.23. The second-order valence-electron chi connectivity index (χ2n) is 4.41. The van der Waals surface area contributed by atoms with Gasteiger partial charge in [-0.15, -0.1) is 0 Å². The fraction of sp³-hybridized carbons (Fsp3) is 0.308. The number of aromatic nitrogens is 1. The van der Waals surface area contributed by atoms with E-state index in [1.54, 1.807) is 18.6 Å². The Kier molecular flexibility index (Phi) is 3.81. The van der Waals surface area contributed by atoms with Crippen molar-refractivity contribution >= 4 is 32.9 Å². The second kappa shape index (κ2) is 5.35.